The van der Waals surface area contributed by atoms with Gasteiger partial charge in [-0.3, -0.25) is 19.7 Å². The molecule has 0 saturated carbocycles. The van der Waals surface area contributed by atoms with Gasteiger partial charge in [-0.15, -0.1) is 0 Å². The van der Waals surface area contributed by atoms with Gasteiger partial charge in [0.1, 0.15) is 0 Å². The number of nitrogens with zero attached hydrogens (tertiary/aromatic N) is 1. The molecule has 0 aliphatic carbocycles. The minimum absolute atomic E-state index is 0.135. The van der Waals surface area contributed by atoms with Crippen molar-refractivity contribution in [2.45, 2.75) is 33.2 Å². The zero-order valence-corrected chi connectivity index (χ0v) is 16.3. The molecule has 0 unspecified atom stereocenters. The monoisotopic (exact) mass is 383 g/mol. The van der Waals surface area contributed by atoms with E-state index in [2.05, 4.69) is 36.6 Å². The first-order valence-corrected chi connectivity index (χ1v) is 9.17. The minimum Gasteiger partial charge on any atom is -0.348 e. The molecular formula is C21H25N3O4. The summed E-state index contributed by atoms with van der Waals surface area (Å²) in [4.78, 5) is 34.4. The maximum Gasteiger partial charge on any atom is 0.270 e. The van der Waals surface area contributed by atoms with Crippen LogP contribution in [0, 0.1) is 16.0 Å². The number of nitrogens with one attached hydrogen (secondary N) is 2. The van der Waals surface area contributed by atoms with Crippen LogP contribution >= 0.6 is 0 Å². The molecule has 2 N–H and O–H groups in total. The molecule has 1 atom stereocenters. The Kier molecular flexibility index (Phi) is 7.26. The Balaban J connectivity index is 1.87. The molecule has 0 radical (unpaired) electrons. The van der Waals surface area contributed by atoms with E-state index in [9.17, 15) is 19.7 Å². The molecule has 0 aromatic heterocycles. The van der Waals surface area contributed by atoms with E-state index >= 15 is 0 Å². The first-order chi connectivity index (χ1) is 13.3. The molecular weight excluding hydrogens is 358 g/mol. The molecule has 0 aliphatic heterocycles. The minimum atomic E-state index is -0.572. The number of rotatable bonds is 8. The Morgan fingerprint density at radius 2 is 1.75 bits per heavy atom. The quantitative estimate of drug-likeness (QED) is 0.539. The number of carbonyl (C=O) groups excluding carboxylic acids is 2. The zero-order chi connectivity index (χ0) is 20.7. The smallest absolute Gasteiger partial charge is 0.270 e. The van der Waals surface area contributed by atoms with Crippen molar-refractivity contribution in [3.8, 4) is 0 Å². The topological polar surface area (TPSA) is 101 Å². The standard InChI is InChI=1S/C21H25N3O4/c1-14(2)11-16-7-9-17(10-8-16)15(3)23-20(25)13-22-21(26)18-5-4-6-19(12-18)24(27)28/h4-10,12,14-15H,11,13H2,1-3H3,(H,22,26)(H,23,25)/t15-/m1/s1. The van der Waals surface area contributed by atoms with E-state index in [-0.39, 0.29) is 29.7 Å². The number of amides is 2. The summed E-state index contributed by atoms with van der Waals surface area (Å²) in [5.41, 5.74) is 2.19. The van der Waals surface area contributed by atoms with E-state index in [0.717, 1.165) is 12.0 Å². The van der Waals surface area contributed by atoms with E-state index in [1.54, 1.807) is 0 Å². The van der Waals surface area contributed by atoms with Gasteiger partial charge in [-0.2, -0.15) is 0 Å². The second-order valence-corrected chi connectivity index (χ2v) is 7.12. The van der Waals surface area contributed by atoms with Crippen molar-refractivity contribution in [3.05, 3.63) is 75.3 Å². The Morgan fingerprint density at radius 1 is 1.07 bits per heavy atom. The van der Waals surface area contributed by atoms with Gasteiger partial charge in [0.05, 0.1) is 17.5 Å². The number of hydrogen-bond donors (Lipinski definition) is 2. The molecule has 148 valence electrons. The Bertz CT molecular complexity index is 847. The molecule has 0 aliphatic rings. The summed E-state index contributed by atoms with van der Waals surface area (Å²) >= 11 is 0. The molecule has 28 heavy (non-hydrogen) atoms. The van der Waals surface area contributed by atoms with Gasteiger partial charge in [0.2, 0.25) is 5.91 Å². The number of benzene rings is 2. The number of carbonyl (C=O) groups is 2. The summed E-state index contributed by atoms with van der Waals surface area (Å²) in [6, 6.07) is 13.3. The van der Waals surface area contributed by atoms with Crippen LogP contribution in [0.5, 0.6) is 0 Å². The molecule has 0 heterocycles. The van der Waals surface area contributed by atoms with Gasteiger partial charge in [0, 0.05) is 17.7 Å². The molecule has 0 fully saturated rings. The summed E-state index contributed by atoms with van der Waals surface area (Å²) in [7, 11) is 0. The van der Waals surface area contributed by atoms with Crippen LogP contribution in [-0.2, 0) is 11.2 Å². The molecule has 2 rings (SSSR count). The maximum absolute atomic E-state index is 12.1. The average Bonchev–Trinajstić information content (AvgIpc) is 2.66. The van der Waals surface area contributed by atoms with Gasteiger partial charge in [0.15, 0.2) is 0 Å². The predicted octanol–water partition coefficient (Wildman–Crippen LogP) is 3.40. The van der Waals surface area contributed by atoms with Gasteiger partial charge in [-0.05, 0) is 36.5 Å². The lowest BCUT2D eigenvalue weighted by molar-refractivity contribution is -0.384. The van der Waals surface area contributed by atoms with Crippen molar-refractivity contribution >= 4 is 17.5 Å². The summed E-state index contributed by atoms with van der Waals surface area (Å²) in [6.07, 6.45) is 1.00. The van der Waals surface area contributed by atoms with Crippen LogP contribution in [0.4, 0.5) is 5.69 Å². The van der Waals surface area contributed by atoms with Crippen LogP contribution in [0.2, 0.25) is 0 Å². The average molecular weight is 383 g/mol. The largest absolute Gasteiger partial charge is 0.348 e. The van der Waals surface area contributed by atoms with E-state index in [1.165, 1.54) is 29.8 Å². The van der Waals surface area contributed by atoms with Crippen LogP contribution in [0.15, 0.2) is 48.5 Å². The lowest BCUT2D eigenvalue weighted by Crippen LogP contribution is -2.38. The molecule has 2 amide bonds. The fourth-order valence-electron chi connectivity index (χ4n) is 2.81. The zero-order valence-electron chi connectivity index (χ0n) is 16.3. The third kappa shape index (κ3) is 6.19. The van der Waals surface area contributed by atoms with Crippen molar-refractivity contribution in [3.63, 3.8) is 0 Å². The van der Waals surface area contributed by atoms with Crippen molar-refractivity contribution in [1.82, 2.24) is 10.6 Å². The van der Waals surface area contributed by atoms with Gasteiger partial charge >= 0.3 is 0 Å². The molecule has 2 aromatic rings. The summed E-state index contributed by atoms with van der Waals surface area (Å²) in [6.45, 7) is 5.99. The van der Waals surface area contributed by atoms with E-state index in [0.29, 0.717) is 5.92 Å². The summed E-state index contributed by atoms with van der Waals surface area (Å²) < 4.78 is 0. The SMILES string of the molecule is CC(C)Cc1ccc([C@@H](C)NC(=O)CNC(=O)c2cccc([N+](=O)[O-])c2)cc1. The first-order valence-electron chi connectivity index (χ1n) is 9.17. The highest BCUT2D eigenvalue weighted by atomic mass is 16.6. The normalized spacial score (nSPS) is 11.7. The predicted molar refractivity (Wildman–Crippen MR) is 107 cm³/mol. The van der Waals surface area contributed by atoms with E-state index in [4.69, 9.17) is 0 Å². The number of nitro groups is 1. The summed E-state index contributed by atoms with van der Waals surface area (Å²) in [5.74, 6) is -0.292. The first kappa shape index (κ1) is 21.1. The highest BCUT2D eigenvalue weighted by Gasteiger charge is 2.14. The molecule has 0 bridgehead atoms. The Hall–Kier alpha value is -3.22. The van der Waals surface area contributed by atoms with E-state index < -0.39 is 10.8 Å². The van der Waals surface area contributed by atoms with Gasteiger partial charge in [-0.1, -0.05) is 44.2 Å². The lowest BCUT2D eigenvalue weighted by Gasteiger charge is -2.15. The molecule has 2 aromatic carbocycles. The van der Waals surface area contributed by atoms with Crippen LogP contribution < -0.4 is 10.6 Å². The van der Waals surface area contributed by atoms with Crippen molar-refractivity contribution < 1.29 is 14.5 Å². The fourth-order valence-corrected chi connectivity index (χ4v) is 2.81. The number of nitro benzene ring substituents is 1. The van der Waals surface area contributed by atoms with Gasteiger partial charge < -0.3 is 10.6 Å². The Labute approximate surface area is 164 Å². The Morgan fingerprint density at radius 3 is 2.36 bits per heavy atom. The molecule has 7 nitrogen and oxygen atoms in total. The van der Waals surface area contributed by atoms with Gasteiger partial charge in [-0.25, -0.2) is 0 Å². The second-order valence-electron chi connectivity index (χ2n) is 7.12. The molecule has 0 saturated heterocycles. The maximum atomic E-state index is 12.1. The lowest BCUT2D eigenvalue weighted by atomic mass is 10.00. The highest BCUT2D eigenvalue weighted by molar-refractivity contribution is 5.97. The van der Waals surface area contributed by atoms with Crippen LogP contribution in [0.3, 0.4) is 0 Å². The van der Waals surface area contributed by atoms with E-state index in [1.807, 2.05) is 19.1 Å². The van der Waals surface area contributed by atoms with Crippen LogP contribution in [-0.4, -0.2) is 23.3 Å². The fraction of sp³-hybridized carbons (Fsp3) is 0.333. The van der Waals surface area contributed by atoms with Crippen molar-refractivity contribution in [2.75, 3.05) is 6.54 Å². The number of non-ortho nitro benzene ring substituents is 1. The van der Waals surface area contributed by atoms with Crippen molar-refractivity contribution in [2.24, 2.45) is 5.92 Å². The second kappa shape index (κ2) is 9.64. The highest BCUT2D eigenvalue weighted by Crippen LogP contribution is 2.16. The third-order valence-electron chi connectivity index (χ3n) is 4.23. The molecule has 7 heteroatoms. The summed E-state index contributed by atoms with van der Waals surface area (Å²) in [5, 5.41) is 16.1. The van der Waals surface area contributed by atoms with Crippen molar-refractivity contribution in [1.29, 1.82) is 0 Å². The van der Waals surface area contributed by atoms with Gasteiger partial charge in [0.25, 0.3) is 11.6 Å². The molecule has 0 spiro atoms. The van der Waals surface area contributed by atoms with Crippen LogP contribution in [0.25, 0.3) is 0 Å². The van der Waals surface area contributed by atoms with Crippen LogP contribution in [0.1, 0.15) is 48.3 Å². The third-order valence-corrected chi connectivity index (χ3v) is 4.23. The number of hydrogen-bond acceptors (Lipinski definition) is 4.